The topological polar surface area (TPSA) is 85.0 Å². The number of nitrogens with one attached hydrogen (secondary N) is 1. The molecule has 10 heteroatoms. The third-order valence-corrected chi connectivity index (χ3v) is 4.45. The molecule has 0 spiro atoms. The number of alkyl halides is 3. The first kappa shape index (κ1) is 20.0. The second-order valence-corrected chi connectivity index (χ2v) is 6.39. The molecule has 0 aromatic carbocycles. The summed E-state index contributed by atoms with van der Waals surface area (Å²) in [4.78, 5) is 15.9. The molecule has 2 heterocycles. The average molecular weight is 373 g/mol. The van der Waals surface area contributed by atoms with Crippen LogP contribution in [-0.2, 0) is 24.5 Å². The number of aliphatic hydroxyl groups is 1. The van der Waals surface area contributed by atoms with Crippen LogP contribution in [0.15, 0.2) is 12.4 Å². The monoisotopic (exact) mass is 373 g/mol. The molecule has 0 fully saturated rings. The molecular formula is C16H22F3N5O2. The van der Waals surface area contributed by atoms with Crippen LogP contribution in [0.5, 0.6) is 0 Å². The van der Waals surface area contributed by atoms with Crippen LogP contribution >= 0.6 is 0 Å². The van der Waals surface area contributed by atoms with Gasteiger partial charge in [-0.15, -0.1) is 0 Å². The van der Waals surface area contributed by atoms with Crippen molar-refractivity contribution < 1.29 is 23.1 Å². The van der Waals surface area contributed by atoms with Gasteiger partial charge in [0.1, 0.15) is 0 Å². The van der Waals surface area contributed by atoms with E-state index in [-0.39, 0.29) is 0 Å². The molecule has 0 saturated carbocycles. The van der Waals surface area contributed by atoms with Crippen LogP contribution in [0.3, 0.4) is 0 Å². The van der Waals surface area contributed by atoms with Crippen LogP contribution in [0.4, 0.5) is 13.2 Å². The largest absolute Gasteiger partial charge is 0.425 e. The van der Waals surface area contributed by atoms with E-state index in [1.165, 1.54) is 13.2 Å². The summed E-state index contributed by atoms with van der Waals surface area (Å²) in [5.74, 6) is -1.58. The van der Waals surface area contributed by atoms with Crippen molar-refractivity contribution in [1.82, 2.24) is 24.6 Å². The van der Waals surface area contributed by atoms with Crippen LogP contribution in [0.1, 0.15) is 42.2 Å². The van der Waals surface area contributed by atoms with Crippen molar-refractivity contribution in [1.29, 1.82) is 0 Å². The molecule has 0 aliphatic heterocycles. The minimum atomic E-state index is -5.06. The second-order valence-electron chi connectivity index (χ2n) is 6.39. The Morgan fingerprint density at radius 3 is 2.38 bits per heavy atom. The highest BCUT2D eigenvalue weighted by Gasteiger charge is 2.58. The fourth-order valence-electron chi connectivity index (χ4n) is 3.08. The van der Waals surface area contributed by atoms with Gasteiger partial charge in [-0.05, 0) is 20.8 Å². The molecule has 2 N–H and O–H groups in total. The van der Waals surface area contributed by atoms with E-state index in [4.69, 9.17) is 0 Å². The van der Waals surface area contributed by atoms with Gasteiger partial charge < -0.3 is 15.0 Å². The Hall–Kier alpha value is -2.36. The van der Waals surface area contributed by atoms with Gasteiger partial charge in [-0.1, -0.05) is 0 Å². The summed E-state index contributed by atoms with van der Waals surface area (Å²) in [6.45, 7) is 5.21. The highest BCUT2D eigenvalue weighted by atomic mass is 19.4. The van der Waals surface area contributed by atoms with E-state index in [2.05, 4.69) is 15.4 Å². The van der Waals surface area contributed by atoms with Gasteiger partial charge in [-0.25, -0.2) is 4.98 Å². The second kappa shape index (κ2) is 6.75. The number of halogens is 3. The molecule has 0 aliphatic carbocycles. The van der Waals surface area contributed by atoms with Crippen molar-refractivity contribution in [3.8, 4) is 0 Å². The predicted molar refractivity (Wildman–Crippen MR) is 87.0 cm³/mol. The van der Waals surface area contributed by atoms with Gasteiger partial charge in [0.05, 0.1) is 18.2 Å². The first-order chi connectivity index (χ1) is 11.9. The molecule has 2 aromatic rings. The van der Waals surface area contributed by atoms with E-state index < -0.39 is 36.0 Å². The van der Waals surface area contributed by atoms with Crippen LogP contribution in [0, 0.1) is 13.8 Å². The van der Waals surface area contributed by atoms with Crippen molar-refractivity contribution in [3.63, 3.8) is 0 Å². The summed E-state index contributed by atoms with van der Waals surface area (Å²) >= 11 is 0. The maximum atomic E-state index is 13.5. The highest BCUT2D eigenvalue weighted by molar-refractivity contribution is 5.78. The van der Waals surface area contributed by atoms with Crippen LogP contribution in [0.25, 0.3) is 0 Å². The molecular weight excluding hydrogens is 351 g/mol. The van der Waals surface area contributed by atoms with Crippen molar-refractivity contribution in [2.75, 3.05) is 0 Å². The standard InChI is InChI=1S/C16H22F3N5O2/c1-9(13-10(2)22-24(5)11(13)3)21-12(25)8-15(26,16(17,18)19)14-20-6-7-23(14)4/h6-7,9,26H,8H2,1-5H3,(H,21,25). The Bertz CT molecular complexity index is 811. The van der Waals surface area contributed by atoms with E-state index in [9.17, 15) is 23.1 Å². The molecule has 0 bridgehead atoms. The summed E-state index contributed by atoms with van der Waals surface area (Å²) in [5, 5.41) is 17.0. The summed E-state index contributed by atoms with van der Waals surface area (Å²) in [5.41, 5.74) is -1.18. The number of aryl methyl sites for hydroxylation is 3. The normalized spacial score (nSPS) is 15.6. The van der Waals surface area contributed by atoms with Crippen molar-refractivity contribution in [2.24, 2.45) is 14.1 Å². The number of carbonyl (C=O) groups excluding carboxylic acids is 1. The van der Waals surface area contributed by atoms with E-state index in [0.29, 0.717) is 5.69 Å². The maximum absolute atomic E-state index is 13.5. The molecule has 2 unspecified atom stereocenters. The molecule has 0 radical (unpaired) electrons. The summed E-state index contributed by atoms with van der Waals surface area (Å²) < 4.78 is 43.2. The Morgan fingerprint density at radius 1 is 1.35 bits per heavy atom. The zero-order valence-electron chi connectivity index (χ0n) is 15.2. The zero-order chi connectivity index (χ0) is 19.9. The van der Waals surface area contributed by atoms with Gasteiger partial charge >= 0.3 is 6.18 Å². The van der Waals surface area contributed by atoms with Gasteiger partial charge in [-0.2, -0.15) is 18.3 Å². The smallest absolute Gasteiger partial charge is 0.374 e. The Morgan fingerprint density at radius 2 is 1.96 bits per heavy atom. The lowest BCUT2D eigenvalue weighted by Crippen LogP contribution is -2.48. The maximum Gasteiger partial charge on any atom is 0.425 e. The number of amides is 1. The quantitative estimate of drug-likeness (QED) is 0.837. The highest BCUT2D eigenvalue weighted by Crippen LogP contribution is 2.40. The minimum absolute atomic E-state index is 0.560. The van der Waals surface area contributed by atoms with E-state index >= 15 is 0 Å². The molecule has 0 aliphatic rings. The minimum Gasteiger partial charge on any atom is -0.374 e. The molecule has 2 aromatic heterocycles. The summed E-state index contributed by atoms with van der Waals surface area (Å²) in [6.07, 6.45) is -3.85. The predicted octanol–water partition coefficient (Wildman–Crippen LogP) is 1.79. The van der Waals surface area contributed by atoms with Gasteiger partial charge in [-0.3, -0.25) is 9.48 Å². The zero-order valence-corrected chi connectivity index (χ0v) is 15.2. The van der Waals surface area contributed by atoms with E-state index in [0.717, 1.165) is 22.0 Å². The molecule has 2 atom stereocenters. The van der Waals surface area contributed by atoms with Gasteiger partial charge in [0.25, 0.3) is 0 Å². The number of hydrogen-bond donors (Lipinski definition) is 2. The molecule has 144 valence electrons. The van der Waals surface area contributed by atoms with Crippen molar-refractivity contribution in [3.05, 3.63) is 35.2 Å². The third-order valence-electron chi connectivity index (χ3n) is 4.45. The number of hydrogen-bond acceptors (Lipinski definition) is 4. The Kier molecular flexibility index (Phi) is 5.18. The lowest BCUT2D eigenvalue weighted by Gasteiger charge is -2.29. The van der Waals surface area contributed by atoms with E-state index in [1.807, 2.05) is 0 Å². The van der Waals surface area contributed by atoms with Crippen LogP contribution in [0.2, 0.25) is 0 Å². The molecule has 26 heavy (non-hydrogen) atoms. The van der Waals surface area contributed by atoms with Crippen LogP contribution in [-0.4, -0.2) is 36.5 Å². The lowest BCUT2D eigenvalue weighted by molar-refractivity contribution is -0.271. The third kappa shape index (κ3) is 3.46. The van der Waals surface area contributed by atoms with Gasteiger partial charge in [0, 0.05) is 37.7 Å². The molecule has 2 rings (SSSR count). The van der Waals surface area contributed by atoms with Crippen LogP contribution < -0.4 is 5.32 Å². The van der Waals surface area contributed by atoms with Gasteiger partial charge in [0.15, 0.2) is 5.82 Å². The molecule has 7 nitrogen and oxygen atoms in total. The van der Waals surface area contributed by atoms with Crippen molar-refractivity contribution in [2.45, 2.75) is 45.0 Å². The number of imidazole rings is 1. The lowest BCUT2D eigenvalue weighted by atomic mass is 9.96. The fourth-order valence-corrected chi connectivity index (χ4v) is 3.08. The Balaban J connectivity index is 2.25. The number of aromatic nitrogens is 4. The summed E-state index contributed by atoms with van der Waals surface area (Å²) in [6, 6.07) is -0.560. The SMILES string of the molecule is Cc1nn(C)c(C)c1C(C)NC(=O)CC(O)(c1nccn1C)C(F)(F)F. The molecule has 0 saturated heterocycles. The number of rotatable bonds is 5. The number of nitrogens with zero attached hydrogens (tertiary/aromatic N) is 4. The fraction of sp³-hybridized carbons (Fsp3) is 0.562. The first-order valence-corrected chi connectivity index (χ1v) is 7.95. The van der Waals surface area contributed by atoms with Crippen molar-refractivity contribution >= 4 is 5.91 Å². The number of carbonyl (C=O) groups is 1. The van der Waals surface area contributed by atoms with Gasteiger partial charge in [0.2, 0.25) is 11.5 Å². The molecule has 1 amide bonds. The summed E-state index contributed by atoms with van der Waals surface area (Å²) in [7, 11) is 3.06. The van der Waals surface area contributed by atoms with E-state index in [1.54, 1.807) is 32.5 Å². The Labute approximate surface area is 148 Å². The average Bonchev–Trinajstić information content (AvgIpc) is 3.01. The first-order valence-electron chi connectivity index (χ1n) is 7.95.